The van der Waals surface area contributed by atoms with Crippen molar-refractivity contribution in [1.29, 1.82) is 0 Å². The van der Waals surface area contributed by atoms with Crippen molar-refractivity contribution in [3.63, 3.8) is 0 Å². The van der Waals surface area contributed by atoms with Crippen LogP contribution in [0.5, 0.6) is 0 Å². The third-order valence-corrected chi connectivity index (χ3v) is 4.58. The van der Waals surface area contributed by atoms with E-state index in [1.54, 1.807) is 18.2 Å². The number of para-hydroxylation sites is 1. The second kappa shape index (κ2) is 7.91. The molecule has 130 valence electrons. The molecule has 0 spiro atoms. The van der Waals surface area contributed by atoms with Gasteiger partial charge in [0.1, 0.15) is 6.04 Å². The van der Waals surface area contributed by atoms with Gasteiger partial charge in [0.05, 0.1) is 7.11 Å². The molecule has 0 saturated carbocycles. The Kier molecular flexibility index (Phi) is 5.63. The lowest BCUT2D eigenvalue weighted by Gasteiger charge is -2.21. The molecule has 0 amide bonds. The Hall–Kier alpha value is -2.01. The number of methoxy groups -OCH3 is 1. The van der Waals surface area contributed by atoms with Crippen LogP contribution in [-0.4, -0.2) is 24.1 Å². The van der Waals surface area contributed by atoms with Crippen molar-refractivity contribution in [1.82, 2.24) is 10.3 Å². The van der Waals surface area contributed by atoms with E-state index in [0.717, 1.165) is 5.52 Å². The fourth-order valence-electron chi connectivity index (χ4n) is 2.91. The molecule has 1 unspecified atom stereocenters. The number of aromatic amines is 1. The maximum atomic E-state index is 11.5. The van der Waals surface area contributed by atoms with Crippen LogP contribution in [0.3, 0.4) is 0 Å². The minimum Gasteiger partial charge on any atom is -0.468 e. The van der Waals surface area contributed by atoms with E-state index in [-0.39, 0.29) is 12.0 Å². The van der Waals surface area contributed by atoms with E-state index >= 15 is 0 Å². The number of aromatic nitrogens is 1. The number of benzene rings is 2. The van der Waals surface area contributed by atoms with Gasteiger partial charge in [0.2, 0.25) is 0 Å². The number of carbonyl (C=O) groups excluding carboxylic acids is 1. The first-order valence-corrected chi connectivity index (χ1v) is 8.65. The van der Waals surface area contributed by atoms with Crippen LogP contribution in [0.25, 0.3) is 10.9 Å². The summed E-state index contributed by atoms with van der Waals surface area (Å²) in [5.74, 6) is -0.194. The number of nitrogens with one attached hydrogen (secondary N) is 2. The van der Waals surface area contributed by atoms with Gasteiger partial charge in [0.15, 0.2) is 0 Å². The average Bonchev–Trinajstić information content (AvgIpc) is 2.99. The normalized spacial score (nSPS) is 15.9. The third-order valence-electron chi connectivity index (χ3n) is 4.11. The monoisotopic (exact) mass is 376 g/mol. The van der Waals surface area contributed by atoms with Crippen LogP contribution in [-0.2, 0) is 22.5 Å². The van der Waals surface area contributed by atoms with Gasteiger partial charge in [-0.2, -0.15) is 0 Å². The Bertz CT molecular complexity index is 875. The fraction of sp³-hybridized carbons (Fsp3) is 0.211. The first kappa shape index (κ1) is 17.8. The molecule has 0 radical (unpaired) electrons. The molecule has 2 N–H and O–H groups in total. The van der Waals surface area contributed by atoms with Crippen LogP contribution in [0.4, 0.5) is 0 Å². The van der Waals surface area contributed by atoms with Gasteiger partial charge >= 0.3 is 5.97 Å². The van der Waals surface area contributed by atoms with Crippen LogP contribution < -0.4 is 5.32 Å². The average molecular weight is 377 g/mol. The molecular formula is C19H18Cl2N2O2. The summed E-state index contributed by atoms with van der Waals surface area (Å²) in [5.41, 5.74) is 3.53. The molecule has 0 saturated heterocycles. The molecule has 2 aromatic carbocycles. The number of hydrogen-bond acceptors (Lipinski definition) is 3. The standard InChI is InChI=1S/C13H14N2O2.C6H4Cl2/c1-17-13(16)11-6-9-8-4-2-3-5-10(8)15-12(9)7-14-11;7-5-2-1-3-6(8)4-5/h2-5,11,14-15H,6-7H2,1H3;1-4H. The van der Waals surface area contributed by atoms with Crippen molar-refractivity contribution in [2.75, 3.05) is 7.11 Å². The Morgan fingerprint density at radius 1 is 1.12 bits per heavy atom. The largest absolute Gasteiger partial charge is 0.468 e. The summed E-state index contributed by atoms with van der Waals surface area (Å²) in [5, 5.41) is 5.74. The van der Waals surface area contributed by atoms with Gasteiger partial charge < -0.3 is 9.72 Å². The topological polar surface area (TPSA) is 54.1 Å². The molecule has 1 aliphatic rings. The molecule has 0 aliphatic carbocycles. The molecule has 3 aromatic rings. The van der Waals surface area contributed by atoms with Crippen molar-refractivity contribution >= 4 is 40.1 Å². The van der Waals surface area contributed by atoms with Crippen molar-refractivity contribution < 1.29 is 9.53 Å². The number of fused-ring (bicyclic) bond motifs is 3. The van der Waals surface area contributed by atoms with Crippen LogP contribution >= 0.6 is 23.2 Å². The molecule has 6 heteroatoms. The molecular weight excluding hydrogens is 359 g/mol. The molecule has 0 fully saturated rings. The number of halogens is 2. The van der Waals surface area contributed by atoms with Gasteiger partial charge in [0, 0.05) is 39.6 Å². The Balaban J connectivity index is 0.000000192. The van der Waals surface area contributed by atoms with Crippen LogP contribution in [0, 0.1) is 0 Å². The minimum atomic E-state index is -0.230. The van der Waals surface area contributed by atoms with E-state index in [1.807, 2.05) is 18.2 Å². The van der Waals surface area contributed by atoms with Gasteiger partial charge in [-0.25, -0.2) is 0 Å². The highest BCUT2D eigenvalue weighted by atomic mass is 35.5. The van der Waals surface area contributed by atoms with Gasteiger partial charge in [-0.05, 0) is 29.8 Å². The predicted octanol–water partition coefficient (Wildman–Crippen LogP) is 4.35. The zero-order valence-electron chi connectivity index (χ0n) is 13.7. The Morgan fingerprint density at radius 2 is 1.84 bits per heavy atom. The molecule has 0 bridgehead atoms. The van der Waals surface area contributed by atoms with Crippen molar-refractivity contribution in [2.24, 2.45) is 0 Å². The van der Waals surface area contributed by atoms with Crippen molar-refractivity contribution in [3.8, 4) is 0 Å². The SMILES string of the molecule is COC(=O)C1Cc2c([nH]c3ccccc23)CN1.Clc1cccc(Cl)c1. The van der Waals surface area contributed by atoms with E-state index in [4.69, 9.17) is 27.9 Å². The number of hydrogen-bond donors (Lipinski definition) is 2. The summed E-state index contributed by atoms with van der Waals surface area (Å²) in [6, 6.07) is 15.0. The lowest BCUT2D eigenvalue weighted by Crippen LogP contribution is -2.42. The highest BCUT2D eigenvalue weighted by Gasteiger charge is 2.27. The highest BCUT2D eigenvalue weighted by molar-refractivity contribution is 6.34. The molecule has 1 aromatic heterocycles. The molecule has 1 atom stereocenters. The Morgan fingerprint density at radius 3 is 2.48 bits per heavy atom. The summed E-state index contributed by atoms with van der Waals surface area (Å²) in [6.45, 7) is 0.684. The zero-order valence-corrected chi connectivity index (χ0v) is 15.2. The second-order valence-corrected chi connectivity index (χ2v) is 6.60. The highest BCUT2D eigenvalue weighted by Crippen LogP contribution is 2.26. The van der Waals surface area contributed by atoms with Gasteiger partial charge in [-0.3, -0.25) is 10.1 Å². The molecule has 4 rings (SSSR count). The first-order valence-electron chi connectivity index (χ1n) is 7.89. The van der Waals surface area contributed by atoms with Gasteiger partial charge in [-0.1, -0.05) is 47.5 Å². The lowest BCUT2D eigenvalue weighted by molar-refractivity contribution is -0.143. The van der Waals surface area contributed by atoms with Crippen LogP contribution in [0.2, 0.25) is 10.0 Å². The molecule has 4 nitrogen and oxygen atoms in total. The van der Waals surface area contributed by atoms with E-state index in [0.29, 0.717) is 23.0 Å². The zero-order chi connectivity index (χ0) is 17.8. The predicted molar refractivity (Wildman–Crippen MR) is 101 cm³/mol. The third kappa shape index (κ3) is 4.15. The molecule has 1 aliphatic heterocycles. The van der Waals surface area contributed by atoms with E-state index in [1.165, 1.54) is 23.8 Å². The Labute approximate surface area is 156 Å². The van der Waals surface area contributed by atoms with E-state index < -0.39 is 0 Å². The summed E-state index contributed by atoms with van der Waals surface area (Å²) >= 11 is 11.1. The molecule has 25 heavy (non-hydrogen) atoms. The quantitative estimate of drug-likeness (QED) is 0.620. The summed E-state index contributed by atoms with van der Waals surface area (Å²) in [6.07, 6.45) is 0.687. The number of esters is 1. The maximum absolute atomic E-state index is 11.5. The maximum Gasteiger partial charge on any atom is 0.323 e. The summed E-state index contributed by atoms with van der Waals surface area (Å²) in [4.78, 5) is 14.9. The van der Waals surface area contributed by atoms with Crippen LogP contribution in [0.15, 0.2) is 48.5 Å². The molecule has 2 heterocycles. The minimum absolute atomic E-state index is 0.194. The number of ether oxygens (including phenoxy) is 1. The number of rotatable bonds is 1. The second-order valence-electron chi connectivity index (χ2n) is 5.73. The van der Waals surface area contributed by atoms with E-state index in [9.17, 15) is 4.79 Å². The fourth-order valence-corrected chi connectivity index (χ4v) is 3.35. The van der Waals surface area contributed by atoms with Crippen LogP contribution in [0.1, 0.15) is 11.3 Å². The summed E-state index contributed by atoms with van der Waals surface area (Å²) in [7, 11) is 1.43. The first-order chi connectivity index (χ1) is 12.1. The smallest absolute Gasteiger partial charge is 0.323 e. The summed E-state index contributed by atoms with van der Waals surface area (Å²) < 4.78 is 4.78. The number of carbonyl (C=O) groups is 1. The van der Waals surface area contributed by atoms with Crippen molar-refractivity contribution in [2.45, 2.75) is 19.0 Å². The van der Waals surface area contributed by atoms with E-state index in [2.05, 4.69) is 22.4 Å². The van der Waals surface area contributed by atoms with Gasteiger partial charge in [0.25, 0.3) is 0 Å². The van der Waals surface area contributed by atoms with Crippen molar-refractivity contribution in [3.05, 3.63) is 69.8 Å². The lowest BCUT2D eigenvalue weighted by atomic mass is 9.99. The van der Waals surface area contributed by atoms with Gasteiger partial charge in [-0.15, -0.1) is 0 Å². The number of H-pyrrole nitrogens is 1.